The van der Waals surface area contributed by atoms with Crippen LogP contribution in [0.15, 0.2) is 12.5 Å². The van der Waals surface area contributed by atoms with Gasteiger partial charge in [0.2, 0.25) is 0 Å². The number of carbonyl (C=O) groups is 1. The predicted octanol–water partition coefficient (Wildman–Crippen LogP) is 3.61. The van der Waals surface area contributed by atoms with E-state index in [0.29, 0.717) is 31.9 Å². The molecule has 0 bridgehead atoms. The number of methoxy groups -OCH3 is 1. The Hall–Kier alpha value is -3.22. The summed E-state index contributed by atoms with van der Waals surface area (Å²) in [5.74, 6) is -0.0396. The van der Waals surface area contributed by atoms with Crippen LogP contribution in [-0.2, 0) is 4.74 Å². The lowest BCUT2D eigenvalue weighted by atomic mass is 10.1. The molecule has 4 aromatic rings. The molecule has 1 N–H and O–H groups in total. The Bertz CT molecular complexity index is 1340. The molecule has 0 unspecified atom stereocenters. The van der Waals surface area contributed by atoms with Gasteiger partial charge in [0.05, 0.1) is 24.3 Å². The van der Waals surface area contributed by atoms with E-state index in [2.05, 4.69) is 25.5 Å². The van der Waals surface area contributed by atoms with Crippen molar-refractivity contribution in [2.24, 2.45) is 0 Å². The molecule has 0 saturated carbocycles. The molecule has 0 spiro atoms. The van der Waals surface area contributed by atoms with Crippen LogP contribution in [0.5, 0.6) is 0 Å². The molecular weight excluding hydrogens is 435 g/mol. The molecule has 9 nitrogen and oxygen atoms in total. The number of rotatable bonds is 2. The van der Waals surface area contributed by atoms with Crippen molar-refractivity contribution in [1.29, 1.82) is 0 Å². The van der Waals surface area contributed by atoms with Crippen molar-refractivity contribution in [3.05, 3.63) is 23.0 Å². The predicted molar refractivity (Wildman–Crippen MR) is 106 cm³/mol. The van der Waals surface area contributed by atoms with Gasteiger partial charge >= 0.3 is 12.1 Å². The van der Waals surface area contributed by atoms with Crippen LogP contribution in [-0.4, -0.2) is 54.7 Å². The maximum Gasteiger partial charge on any atom is 0.410 e. The third-order valence-electron chi connectivity index (χ3n) is 5.31. The van der Waals surface area contributed by atoms with Gasteiger partial charge in [0, 0.05) is 6.04 Å². The zero-order valence-electron chi connectivity index (χ0n) is 16.6. The summed E-state index contributed by atoms with van der Waals surface area (Å²) in [6.45, 7) is 3.45. The quantitative estimate of drug-likeness (QED) is 0.465. The van der Waals surface area contributed by atoms with Crippen molar-refractivity contribution in [1.82, 2.24) is 29.4 Å². The summed E-state index contributed by atoms with van der Waals surface area (Å²) in [5, 5.41) is 12.1. The number of esters is 1. The number of thiophene rings is 1. The number of nitrogens with zero attached hydrogens (tertiary/aromatic N) is 6. The molecule has 162 valence electrons. The SMILES string of the molecule is COC(=O)c1sc2ncn3nc(-c4cnn5c4N[C@@H](C)C[C@@H]5C(F)(F)F)nc3c2c1C. The van der Waals surface area contributed by atoms with Crippen LogP contribution in [0.25, 0.3) is 27.3 Å². The van der Waals surface area contributed by atoms with Gasteiger partial charge < -0.3 is 10.1 Å². The Morgan fingerprint density at radius 2 is 2.16 bits per heavy atom. The maximum atomic E-state index is 13.5. The first-order chi connectivity index (χ1) is 14.7. The van der Waals surface area contributed by atoms with Gasteiger partial charge in [-0.3, -0.25) is 0 Å². The molecule has 5 rings (SSSR count). The summed E-state index contributed by atoms with van der Waals surface area (Å²) in [5.41, 5.74) is 1.46. The van der Waals surface area contributed by atoms with E-state index in [-0.39, 0.29) is 18.1 Å². The van der Waals surface area contributed by atoms with Gasteiger partial charge in [-0.2, -0.15) is 18.3 Å². The summed E-state index contributed by atoms with van der Waals surface area (Å²) >= 11 is 1.18. The lowest BCUT2D eigenvalue weighted by Crippen LogP contribution is -2.38. The molecule has 31 heavy (non-hydrogen) atoms. The molecule has 0 radical (unpaired) electrons. The van der Waals surface area contributed by atoms with E-state index in [4.69, 9.17) is 4.74 Å². The Balaban J connectivity index is 1.68. The highest BCUT2D eigenvalue weighted by molar-refractivity contribution is 7.20. The highest BCUT2D eigenvalue weighted by atomic mass is 32.1. The number of aromatic nitrogens is 6. The summed E-state index contributed by atoms with van der Waals surface area (Å²) < 4.78 is 47.8. The molecule has 0 fully saturated rings. The normalized spacial score (nSPS) is 18.9. The first-order valence-electron chi connectivity index (χ1n) is 9.33. The Morgan fingerprint density at radius 3 is 2.87 bits per heavy atom. The van der Waals surface area contributed by atoms with Gasteiger partial charge in [-0.1, -0.05) is 0 Å². The van der Waals surface area contributed by atoms with Crippen LogP contribution in [0.3, 0.4) is 0 Å². The minimum absolute atomic E-state index is 0.120. The fraction of sp³-hybridized carbons (Fsp3) is 0.389. The van der Waals surface area contributed by atoms with Gasteiger partial charge in [-0.15, -0.1) is 16.4 Å². The molecule has 1 aliphatic rings. The first-order valence-corrected chi connectivity index (χ1v) is 10.1. The number of nitrogens with one attached hydrogen (secondary N) is 1. The molecule has 2 atom stereocenters. The summed E-state index contributed by atoms with van der Waals surface area (Å²) in [6, 6.07) is -2.12. The maximum absolute atomic E-state index is 13.5. The minimum Gasteiger partial charge on any atom is -0.465 e. The van der Waals surface area contributed by atoms with E-state index in [1.165, 1.54) is 35.5 Å². The van der Waals surface area contributed by atoms with Crippen molar-refractivity contribution < 1.29 is 22.7 Å². The second-order valence-corrected chi connectivity index (χ2v) is 8.37. The Labute approximate surface area is 176 Å². The number of aryl methyl sites for hydroxylation is 1. The minimum atomic E-state index is -4.42. The van der Waals surface area contributed by atoms with Crippen LogP contribution >= 0.6 is 11.3 Å². The van der Waals surface area contributed by atoms with Crippen LogP contribution in [0.1, 0.15) is 34.6 Å². The summed E-state index contributed by atoms with van der Waals surface area (Å²) in [6.07, 6.45) is -1.76. The van der Waals surface area contributed by atoms with Crippen molar-refractivity contribution in [3.63, 3.8) is 0 Å². The van der Waals surface area contributed by atoms with Crippen LogP contribution < -0.4 is 5.32 Å². The average molecular weight is 451 g/mol. The molecule has 13 heteroatoms. The fourth-order valence-corrected chi connectivity index (χ4v) is 4.90. The molecule has 0 aliphatic carbocycles. The average Bonchev–Trinajstić information content (AvgIpc) is 3.40. The lowest BCUT2D eigenvalue weighted by molar-refractivity contribution is -0.173. The number of hydrogen-bond acceptors (Lipinski definition) is 8. The van der Waals surface area contributed by atoms with Gasteiger partial charge in [-0.25, -0.2) is 24.0 Å². The molecular formula is C18H16F3N7O2S. The number of halogens is 3. The van der Waals surface area contributed by atoms with Gasteiger partial charge in [0.25, 0.3) is 0 Å². The largest absolute Gasteiger partial charge is 0.465 e. The van der Waals surface area contributed by atoms with Gasteiger partial charge in [0.15, 0.2) is 17.5 Å². The van der Waals surface area contributed by atoms with E-state index in [0.717, 1.165) is 4.68 Å². The van der Waals surface area contributed by atoms with Gasteiger partial charge in [0.1, 0.15) is 21.9 Å². The van der Waals surface area contributed by atoms with Crippen LogP contribution in [0.4, 0.5) is 19.0 Å². The zero-order valence-corrected chi connectivity index (χ0v) is 17.4. The number of hydrogen-bond donors (Lipinski definition) is 1. The molecule has 0 aromatic carbocycles. The van der Waals surface area contributed by atoms with Gasteiger partial charge in [-0.05, 0) is 25.8 Å². The first kappa shape index (κ1) is 19.7. The number of fused-ring (bicyclic) bond motifs is 4. The molecule has 0 amide bonds. The lowest BCUT2D eigenvalue weighted by Gasteiger charge is -2.31. The molecule has 1 aliphatic heterocycles. The number of alkyl halides is 3. The van der Waals surface area contributed by atoms with Crippen molar-refractivity contribution >= 4 is 39.0 Å². The smallest absolute Gasteiger partial charge is 0.410 e. The third kappa shape index (κ3) is 2.94. The topological polar surface area (TPSA) is 99.2 Å². The van der Waals surface area contributed by atoms with E-state index in [1.807, 2.05) is 0 Å². The fourth-order valence-electron chi connectivity index (χ4n) is 3.84. The van der Waals surface area contributed by atoms with E-state index in [9.17, 15) is 18.0 Å². The molecule has 4 aromatic heterocycles. The number of ether oxygens (including phenoxy) is 1. The standard InChI is InChI=1S/C18H16F3N7O2S/c1-7-4-10(18(19,20)21)28-14(24-7)9(5-23-28)13-25-15-11-8(2)12(17(29)30-3)31-16(11)22-6-27(15)26-13/h5-7,10,24H,4H2,1-3H3/t7-,10+/m0/s1. The zero-order chi connectivity index (χ0) is 22.1. The van der Waals surface area contributed by atoms with Crippen molar-refractivity contribution in [2.45, 2.75) is 38.5 Å². The highest BCUT2D eigenvalue weighted by Gasteiger charge is 2.46. The highest BCUT2D eigenvalue weighted by Crippen LogP contribution is 2.42. The Kier molecular flexibility index (Phi) is 4.22. The monoisotopic (exact) mass is 451 g/mol. The summed E-state index contributed by atoms with van der Waals surface area (Å²) in [4.78, 5) is 21.9. The second kappa shape index (κ2) is 6.64. The second-order valence-electron chi connectivity index (χ2n) is 7.37. The summed E-state index contributed by atoms with van der Waals surface area (Å²) in [7, 11) is 1.30. The number of carbonyl (C=O) groups excluding carboxylic acids is 1. The van der Waals surface area contributed by atoms with Crippen LogP contribution in [0, 0.1) is 6.92 Å². The molecule has 0 saturated heterocycles. The van der Waals surface area contributed by atoms with Crippen LogP contribution in [0.2, 0.25) is 0 Å². The van der Waals surface area contributed by atoms with Crippen molar-refractivity contribution in [2.75, 3.05) is 12.4 Å². The van der Waals surface area contributed by atoms with Crippen molar-refractivity contribution in [3.8, 4) is 11.4 Å². The number of anilines is 1. The molecule has 5 heterocycles. The van der Waals surface area contributed by atoms with E-state index in [1.54, 1.807) is 13.8 Å². The van der Waals surface area contributed by atoms with E-state index < -0.39 is 24.2 Å². The van der Waals surface area contributed by atoms with E-state index >= 15 is 0 Å². The third-order valence-corrected chi connectivity index (χ3v) is 6.49. The Morgan fingerprint density at radius 1 is 1.39 bits per heavy atom.